The smallest absolute Gasteiger partial charge is 0.264 e. The second kappa shape index (κ2) is 6.77. The molecule has 0 saturated carbocycles. The Morgan fingerprint density at radius 3 is 2.47 bits per heavy atom. The van der Waals surface area contributed by atoms with Crippen LogP contribution in [0.5, 0.6) is 0 Å². The van der Waals surface area contributed by atoms with Crippen LogP contribution in [0, 0.1) is 6.92 Å². The van der Waals surface area contributed by atoms with Crippen molar-refractivity contribution in [2.75, 3.05) is 13.2 Å². The topological polar surface area (TPSA) is 40.5 Å². The molecule has 0 spiro atoms. The van der Waals surface area contributed by atoms with Gasteiger partial charge in [0.25, 0.3) is 5.91 Å². The second-order valence-corrected chi connectivity index (χ2v) is 5.39. The number of rotatable bonds is 6. The van der Waals surface area contributed by atoms with Crippen molar-refractivity contribution in [2.45, 2.75) is 39.7 Å². The zero-order chi connectivity index (χ0) is 12.8. The molecule has 0 aliphatic rings. The van der Waals surface area contributed by atoms with Gasteiger partial charge < -0.3 is 10.0 Å². The van der Waals surface area contributed by atoms with Crippen molar-refractivity contribution < 1.29 is 9.90 Å². The highest BCUT2D eigenvalue weighted by Crippen LogP contribution is 2.20. The molecule has 0 bridgehead atoms. The SMILES string of the molecule is CCC(CC)N(CCO)C(=O)c1ccc(C)s1. The minimum atomic E-state index is 0.0204. The molecule has 3 nitrogen and oxygen atoms in total. The Morgan fingerprint density at radius 2 is 2.06 bits per heavy atom. The number of amides is 1. The molecule has 1 aromatic rings. The van der Waals surface area contributed by atoms with Crippen LogP contribution >= 0.6 is 11.3 Å². The average molecular weight is 255 g/mol. The van der Waals surface area contributed by atoms with Gasteiger partial charge in [0.2, 0.25) is 0 Å². The van der Waals surface area contributed by atoms with Gasteiger partial charge in [0.1, 0.15) is 0 Å². The molecule has 1 N–H and O–H groups in total. The van der Waals surface area contributed by atoms with Crippen molar-refractivity contribution >= 4 is 17.2 Å². The first-order valence-electron chi connectivity index (χ1n) is 6.12. The lowest BCUT2D eigenvalue weighted by molar-refractivity contribution is 0.0627. The van der Waals surface area contributed by atoms with E-state index in [1.54, 1.807) is 4.90 Å². The Morgan fingerprint density at radius 1 is 1.41 bits per heavy atom. The van der Waals surface area contributed by atoms with Crippen LogP contribution in [0.15, 0.2) is 12.1 Å². The summed E-state index contributed by atoms with van der Waals surface area (Å²) in [6.45, 7) is 6.58. The van der Waals surface area contributed by atoms with Gasteiger partial charge in [-0.25, -0.2) is 0 Å². The summed E-state index contributed by atoms with van der Waals surface area (Å²) >= 11 is 1.52. The normalized spacial score (nSPS) is 10.9. The van der Waals surface area contributed by atoms with Crippen molar-refractivity contribution in [3.8, 4) is 0 Å². The van der Waals surface area contributed by atoms with Crippen LogP contribution in [-0.4, -0.2) is 35.1 Å². The predicted octanol–water partition coefficient (Wildman–Crippen LogP) is 2.68. The van der Waals surface area contributed by atoms with Gasteiger partial charge in [-0.05, 0) is 31.9 Å². The summed E-state index contributed by atoms with van der Waals surface area (Å²) in [5.41, 5.74) is 0. The molecule has 96 valence electrons. The number of carbonyl (C=O) groups excluding carboxylic acids is 1. The maximum Gasteiger partial charge on any atom is 0.264 e. The van der Waals surface area contributed by atoms with Gasteiger partial charge in [-0.3, -0.25) is 4.79 Å². The predicted molar refractivity (Wildman–Crippen MR) is 71.5 cm³/mol. The van der Waals surface area contributed by atoms with Crippen molar-refractivity contribution in [1.29, 1.82) is 0 Å². The number of aliphatic hydroxyl groups is 1. The number of nitrogens with zero attached hydrogens (tertiary/aromatic N) is 1. The van der Waals surface area contributed by atoms with E-state index in [4.69, 9.17) is 5.11 Å². The standard InChI is InChI=1S/C13H21NO2S/c1-4-11(5-2)14(8-9-15)13(16)12-7-6-10(3)17-12/h6-7,11,15H,4-5,8-9H2,1-3H3. The van der Waals surface area contributed by atoms with Gasteiger partial charge in [-0.2, -0.15) is 0 Å². The number of carbonyl (C=O) groups is 1. The molecular weight excluding hydrogens is 234 g/mol. The Balaban J connectivity index is 2.86. The van der Waals surface area contributed by atoms with Gasteiger partial charge >= 0.3 is 0 Å². The van der Waals surface area contributed by atoms with Crippen LogP contribution in [0.3, 0.4) is 0 Å². The highest BCUT2D eigenvalue weighted by molar-refractivity contribution is 7.13. The summed E-state index contributed by atoms with van der Waals surface area (Å²) in [5.74, 6) is 0.0471. The van der Waals surface area contributed by atoms with Crippen molar-refractivity contribution in [2.24, 2.45) is 0 Å². The van der Waals surface area contributed by atoms with E-state index in [-0.39, 0.29) is 18.6 Å². The molecule has 0 aromatic carbocycles. The molecule has 17 heavy (non-hydrogen) atoms. The molecule has 1 amide bonds. The first-order chi connectivity index (χ1) is 8.13. The van der Waals surface area contributed by atoms with E-state index < -0.39 is 0 Å². The summed E-state index contributed by atoms with van der Waals surface area (Å²) in [6, 6.07) is 4.05. The van der Waals surface area contributed by atoms with Crippen LogP contribution in [0.25, 0.3) is 0 Å². The van der Waals surface area contributed by atoms with Crippen LogP contribution in [0.1, 0.15) is 41.2 Å². The van der Waals surface area contributed by atoms with Crippen LogP contribution in [-0.2, 0) is 0 Å². The minimum Gasteiger partial charge on any atom is -0.395 e. The van der Waals surface area contributed by atoms with E-state index in [1.165, 1.54) is 11.3 Å². The van der Waals surface area contributed by atoms with Gasteiger partial charge in [-0.1, -0.05) is 13.8 Å². The maximum absolute atomic E-state index is 12.3. The number of aliphatic hydroxyl groups excluding tert-OH is 1. The maximum atomic E-state index is 12.3. The van der Waals surface area contributed by atoms with Gasteiger partial charge in [0.05, 0.1) is 11.5 Å². The van der Waals surface area contributed by atoms with Crippen molar-refractivity contribution in [3.63, 3.8) is 0 Å². The van der Waals surface area contributed by atoms with Crippen molar-refractivity contribution in [1.82, 2.24) is 4.90 Å². The Hall–Kier alpha value is -0.870. The Kier molecular flexibility index (Phi) is 5.65. The van der Waals surface area contributed by atoms with E-state index in [0.29, 0.717) is 6.54 Å². The van der Waals surface area contributed by atoms with E-state index in [0.717, 1.165) is 22.6 Å². The fraction of sp³-hybridized carbons (Fsp3) is 0.615. The molecule has 0 radical (unpaired) electrons. The number of hydrogen-bond acceptors (Lipinski definition) is 3. The van der Waals surface area contributed by atoms with E-state index in [9.17, 15) is 4.79 Å². The van der Waals surface area contributed by atoms with E-state index in [1.807, 2.05) is 19.1 Å². The van der Waals surface area contributed by atoms with Crippen LogP contribution in [0.2, 0.25) is 0 Å². The van der Waals surface area contributed by atoms with Gasteiger partial charge in [-0.15, -0.1) is 11.3 Å². The third kappa shape index (κ3) is 3.54. The summed E-state index contributed by atoms with van der Waals surface area (Å²) in [4.78, 5) is 16.0. The van der Waals surface area contributed by atoms with E-state index >= 15 is 0 Å². The zero-order valence-electron chi connectivity index (χ0n) is 10.8. The molecular formula is C13H21NO2S. The first kappa shape index (κ1) is 14.2. The number of hydrogen-bond donors (Lipinski definition) is 1. The summed E-state index contributed by atoms with van der Waals surface area (Å²) < 4.78 is 0. The van der Waals surface area contributed by atoms with Gasteiger partial charge in [0, 0.05) is 17.5 Å². The minimum absolute atomic E-state index is 0.0204. The molecule has 0 fully saturated rings. The van der Waals surface area contributed by atoms with Gasteiger partial charge in [0.15, 0.2) is 0 Å². The Bertz CT molecular complexity index is 358. The average Bonchev–Trinajstić information content (AvgIpc) is 2.75. The molecule has 1 heterocycles. The van der Waals surface area contributed by atoms with E-state index in [2.05, 4.69) is 13.8 Å². The molecule has 1 rings (SSSR count). The number of aryl methyl sites for hydroxylation is 1. The molecule has 0 aliphatic heterocycles. The zero-order valence-corrected chi connectivity index (χ0v) is 11.6. The summed E-state index contributed by atoms with van der Waals surface area (Å²) in [7, 11) is 0. The highest BCUT2D eigenvalue weighted by Gasteiger charge is 2.22. The molecule has 0 unspecified atom stereocenters. The molecule has 1 aromatic heterocycles. The van der Waals surface area contributed by atoms with Crippen LogP contribution < -0.4 is 0 Å². The fourth-order valence-corrected chi connectivity index (χ4v) is 2.80. The summed E-state index contributed by atoms with van der Waals surface area (Å²) in [5, 5.41) is 9.09. The molecule has 0 aliphatic carbocycles. The largest absolute Gasteiger partial charge is 0.395 e. The third-order valence-corrected chi connectivity index (χ3v) is 3.92. The fourth-order valence-electron chi connectivity index (χ4n) is 1.98. The first-order valence-corrected chi connectivity index (χ1v) is 6.93. The second-order valence-electron chi connectivity index (χ2n) is 4.10. The lowest BCUT2D eigenvalue weighted by atomic mass is 10.1. The third-order valence-electron chi connectivity index (χ3n) is 2.94. The molecule has 4 heteroatoms. The molecule has 0 saturated heterocycles. The Labute approximate surface area is 107 Å². The lowest BCUT2D eigenvalue weighted by Gasteiger charge is -2.29. The van der Waals surface area contributed by atoms with Crippen molar-refractivity contribution in [3.05, 3.63) is 21.9 Å². The lowest BCUT2D eigenvalue weighted by Crippen LogP contribution is -2.41. The quantitative estimate of drug-likeness (QED) is 0.849. The monoisotopic (exact) mass is 255 g/mol. The summed E-state index contributed by atoms with van der Waals surface area (Å²) in [6.07, 6.45) is 1.85. The van der Waals surface area contributed by atoms with Crippen LogP contribution in [0.4, 0.5) is 0 Å². The highest BCUT2D eigenvalue weighted by atomic mass is 32.1. The number of thiophene rings is 1. The molecule has 0 atom stereocenters.